The summed E-state index contributed by atoms with van der Waals surface area (Å²) in [6.07, 6.45) is 0. The van der Waals surface area contributed by atoms with E-state index in [2.05, 4.69) is 16.4 Å². The number of nitrogens with zero attached hydrogens (tertiary/aromatic N) is 1. The summed E-state index contributed by atoms with van der Waals surface area (Å²) >= 11 is 1.46. The van der Waals surface area contributed by atoms with Crippen molar-refractivity contribution in [3.63, 3.8) is 0 Å². The number of nitrogen functional groups attached to an aromatic ring is 1. The number of amides is 1. The quantitative estimate of drug-likeness (QED) is 0.708. The Bertz CT molecular complexity index is 818. The smallest absolute Gasteiger partial charge is 0.259 e. The molecule has 0 fully saturated rings. The minimum atomic E-state index is -0.221. The number of aryl methyl sites for hydroxylation is 2. The van der Waals surface area contributed by atoms with Crippen molar-refractivity contribution in [3.05, 3.63) is 53.1 Å². The highest BCUT2D eigenvalue weighted by atomic mass is 32.1. The number of hydrogen-bond donors (Lipinski definition) is 2. The van der Waals surface area contributed by atoms with E-state index in [1.807, 2.05) is 38.1 Å². The van der Waals surface area contributed by atoms with Crippen LogP contribution in [-0.4, -0.2) is 10.9 Å². The number of carbonyl (C=O) groups excluding carboxylic acids is 1. The molecule has 0 bridgehead atoms. The second-order valence-corrected chi connectivity index (χ2v) is 6.01. The Morgan fingerprint density at radius 3 is 2.81 bits per heavy atom. The number of carbonyl (C=O) groups is 1. The summed E-state index contributed by atoms with van der Waals surface area (Å²) in [7, 11) is 0. The molecule has 5 heteroatoms. The van der Waals surface area contributed by atoms with Crippen molar-refractivity contribution < 1.29 is 4.79 Å². The van der Waals surface area contributed by atoms with Crippen molar-refractivity contribution in [3.8, 4) is 0 Å². The zero-order valence-electron chi connectivity index (χ0n) is 11.8. The molecule has 0 unspecified atom stereocenters. The first kappa shape index (κ1) is 13.6. The summed E-state index contributed by atoms with van der Waals surface area (Å²) in [5.41, 5.74) is 9.79. The van der Waals surface area contributed by atoms with E-state index in [1.54, 1.807) is 6.07 Å². The maximum Gasteiger partial charge on any atom is 0.259 e. The third kappa shape index (κ3) is 2.60. The average molecular weight is 297 g/mol. The molecule has 3 N–H and O–H groups in total. The molecule has 4 nitrogen and oxygen atoms in total. The van der Waals surface area contributed by atoms with Crippen LogP contribution in [0.4, 0.5) is 10.8 Å². The Kier molecular flexibility index (Phi) is 3.35. The van der Waals surface area contributed by atoms with E-state index in [-0.39, 0.29) is 5.91 Å². The van der Waals surface area contributed by atoms with Crippen LogP contribution in [0.2, 0.25) is 0 Å². The highest BCUT2D eigenvalue weighted by molar-refractivity contribution is 7.22. The van der Waals surface area contributed by atoms with Crippen LogP contribution >= 0.6 is 11.3 Å². The van der Waals surface area contributed by atoms with Crippen molar-refractivity contribution in [2.24, 2.45) is 0 Å². The minimum absolute atomic E-state index is 0.221. The van der Waals surface area contributed by atoms with Gasteiger partial charge in [0.1, 0.15) is 0 Å². The maximum absolute atomic E-state index is 12.4. The van der Waals surface area contributed by atoms with Gasteiger partial charge in [0.2, 0.25) is 0 Å². The number of thiazole rings is 1. The third-order valence-corrected chi connectivity index (χ3v) is 4.23. The maximum atomic E-state index is 12.4. The number of hydrogen-bond acceptors (Lipinski definition) is 4. The van der Waals surface area contributed by atoms with Gasteiger partial charge in [0.25, 0.3) is 5.91 Å². The highest BCUT2D eigenvalue weighted by Crippen LogP contribution is 2.27. The molecule has 1 amide bonds. The van der Waals surface area contributed by atoms with Gasteiger partial charge in [-0.3, -0.25) is 10.1 Å². The summed E-state index contributed by atoms with van der Waals surface area (Å²) in [5.74, 6) is -0.221. The van der Waals surface area contributed by atoms with E-state index < -0.39 is 0 Å². The fraction of sp³-hybridized carbons (Fsp3) is 0.125. The second-order valence-electron chi connectivity index (χ2n) is 4.98. The number of nitrogens with one attached hydrogen (secondary N) is 1. The number of fused-ring (bicyclic) bond motifs is 1. The van der Waals surface area contributed by atoms with Crippen molar-refractivity contribution >= 4 is 38.3 Å². The Morgan fingerprint density at radius 2 is 2.05 bits per heavy atom. The van der Waals surface area contributed by atoms with Crippen LogP contribution in [0.25, 0.3) is 10.2 Å². The zero-order valence-corrected chi connectivity index (χ0v) is 12.6. The molecular formula is C16H15N3OS. The summed E-state index contributed by atoms with van der Waals surface area (Å²) in [6.45, 7) is 3.90. The summed E-state index contributed by atoms with van der Waals surface area (Å²) in [5, 5.41) is 3.42. The number of rotatable bonds is 2. The highest BCUT2D eigenvalue weighted by Gasteiger charge is 2.14. The summed E-state index contributed by atoms with van der Waals surface area (Å²) in [4.78, 5) is 16.8. The second kappa shape index (κ2) is 5.18. The third-order valence-electron chi connectivity index (χ3n) is 3.30. The number of benzene rings is 2. The number of aromatic nitrogens is 1. The average Bonchev–Trinajstić information content (AvgIpc) is 2.79. The van der Waals surface area contributed by atoms with Crippen molar-refractivity contribution in [2.75, 3.05) is 11.1 Å². The van der Waals surface area contributed by atoms with Crippen LogP contribution < -0.4 is 11.1 Å². The van der Waals surface area contributed by atoms with Gasteiger partial charge >= 0.3 is 0 Å². The minimum Gasteiger partial charge on any atom is -0.398 e. The molecular weight excluding hydrogens is 282 g/mol. The van der Waals surface area contributed by atoms with E-state index in [4.69, 9.17) is 5.73 Å². The predicted molar refractivity (Wildman–Crippen MR) is 87.9 cm³/mol. The van der Waals surface area contributed by atoms with Crippen LogP contribution in [0.1, 0.15) is 21.5 Å². The van der Waals surface area contributed by atoms with Crippen LogP contribution in [0, 0.1) is 13.8 Å². The van der Waals surface area contributed by atoms with E-state index in [0.717, 1.165) is 15.8 Å². The van der Waals surface area contributed by atoms with Crippen LogP contribution in [-0.2, 0) is 0 Å². The molecule has 3 aromatic rings. The molecule has 21 heavy (non-hydrogen) atoms. The van der Waals surface area contributed by atoms with Crippen LogP contribution in [0.15, 0.2) is 36.4 Å². The monoisotopic (exact) mass is 297 g/mol. The van der Waals surface area contributed by atoms with E-state index in [1.165, 1.54) is 16.9 Å². The lowest BCUT2D eigenvalue weighted by Gasteiger charge is -2.08. The molecule has 0 aliphatic carbocycles. The fourth-order valence-electron chi connectivity index (χ4n) is 2.25. The molecule has 0 aliphatic heterocycles. The Morgan fingerprint density at radius 1 is 1.24 bits per heavy atom. The SMILES string of the molecule is Cc1ccc2nc(NC(=O)c3c(C)cccc3N)sc2c1. The van der Waals surface area contributed by atoms with Gasteiger partial charge in [0, 0.05) is 5.69 Å². The molecule has 0 spiro atoms. The molecule has 106 valence electrons. The lowest BCUT2D eigenvalue weighted by Crippen LogP contribution is -2.15. The largest absolute Gasteiger partial charge is 0.398 e. The summed E-state index contributed by atoms with van der Waals surface area (Å²) in [6, 6.07) is 11.5. The Balaban J connectivity index is 1.93. The molecule has 2 aromatic carbocycles. The van der Waals surface area contributed by atoms with Gasteiger partial charge in [-0.2, -0.15) is 0 Å². The number of anilines is 2. The number of nitrogens with two attached hydrogens (primary N) is 1. The van der Waals surface area contributed by atoms with Gasteiger partial charge in [-0.15, -0.1) is 0 Å². The van der Waals surface area contributed by atoms with Gasteiger partial charge in [-0.1, -0.05) is 29.5 Å². The summed E-state index contributed by atoms with van der Waals surface area (Å²) < 4.78 is 1.06. The molecule has 0 saturated carbocycles. The van der Waals surface area contributed by atoms with Crippen molar-refractivity contribution in [1.29, 1.82) is 0 Å². The molecule has 0 saturated heterocycles. The van der Waals surface area contributed by atoms with Gasteiger partial charge in [0.05, 0.1) is 15.8 Å². The molecule has 0 aliphatic rings. The zero-order chi connectivity index (χ0) is 15.0. The van der Waals surface area contributed by atoms with E-state index in [0.29, 0.717) is 16.4 Å². The fourth-order valence-corrected chi connectivity index (χ4v) is 3.20. The lowest BCUT2D eigenvalue weighted by atomic mass is 10.1. The van der Waals surface area contributed by atoms with Gasteiger partial charge < -0.3 is 5.73 Å². The topological polar surface area (TPSA) is 68.0 Å². The lowest BCUT2D eigenvalue weighted by molar-refractivity contribution is 0.102. The van der Waals surface area contributed by atoms with Crippen molar-refractivity contribution in [1.82, 2.24) is 4.98 Å². The first-order chi connectivity index (χ1) is 10.0. The first-order valence-electron chi connectivity index (χ1n) is 6.58. The molecule has 3 rings (SSSR count). The molecule has 0 radical (unpaired) electrons. The van der Waals surface area contributed by atoms with Crippen LogP contribution in [0.3, 0.4) is 0 Å². The standard InChI is InChI=1S/C16H15N3OS/c1-9-6-7-12-13(8-9)21-16(18-12)19-15(20)14-10(2)4-3-5-11(14)17/h3-8H,17H2,1-2H3,(H,18,19,20). The normalized spacial score (nSPS) is 10.8. The van der Waals surface area contributed by atoms with Gasteiger partial charge in [0.15, 0.2) is 5.13 Å². The van der Waals surface area contributed by atoms with Gasteiger partial charge in [-0.25, -0.2) is 4.98 Å². The Labute approximate surface area is 126 Å². The van der Waals surface area contributed by atoms with Gasteiger partial charge in [-0.05, 0) is 43.2 Å². The predicted octanol–water partition coefficient (Wildman–Crippen LogP) is 3.75. The van der Waals surface area contributed by atoms with Crippen LogP contribution in [0.5, 0.6) is 0 Å². The Hall–Kier alpha value is -2.40. The van der Waals surface area contributed by atoms with E-state index >= 15 is 0 Å². The van der Waals surface area contributed by atoms with Crippen molar-refractivity contribution in [2.45, 2.75) is 13.8 Å². The molecule has 1 aromatic heterocycles. The molecule has 1 heterocycles. The van der Waals surface area contributed by atoms with E-state index in [9.17, 15) is 4.79 Å². The first-order valence-corrected chi connectivity index (χ1v) is 7.40. The molecule has 0 atom stereocenters.